The van der Waals surface area contributed by atoms with Gasteiger partial charge in [0.25, 0.3) is 5.82 Å². The summed E-state index contributed by atoms with van der Waals surface area (Å²) in [6.45, 7) is 1.47. The maximum atomic E-state index is 11.0. The molecule has 0 saturated carbocycles. The number of aromatic nitrogens is 3. The third kappa shape index (κ3) is 3.04. The van der Waals surface area contributed by atoms with E-state index in [4.69, 9.17) is 0 Å². The molecule has 0 atom stereocenters. The number of hydrogen-bond acceptors (Lipinski definition) is 2. The Bertz CT molecular complexity index is 509. The predicted octanol–water partition coefficient (Wildman–Crippen LogP) is -2.34. The van der Waals surface area contributed by atoms with Crippen LogP contribution in [-0.2, 0) is 11.8 Å². The van der Waals surface area contributed by atoms with E-state index in [1.807, 2.05) is 37.4 Å². The van der Waals surface area contributed by atoms with Gasteiger partial charge in [0.2, 0.25) is 5.91 Å². The number of anilines is 1. The van der Waals surface area contributed by atoms with E-state index in [-0.39, 0.29) is 18.3 Å². The Morgan fingerprint density at radius 2 is 2.00 bits per heavy atom. The maximum absolute atomic E-state index is 11.0. The first-order valence-electron chi connectivity index (χ1n) is 4.96. The number of amides is 1. The Kier molecular flexibility index (Phi) is 4.23. The van der Waals surface area contributed by atoms with Crippen molar-refractivity contribution in [1.29, 1.82) is 0 Å². The second kappa shape index (κ2) is 5.45. The third-order valence-corrected chi connectivity index (χ3v) is 2.07. The van der Waals surface area contributed by atoms with Crippen LogP contribution in [0.25, 0.3) is 5.69 Å². The van der Waals surface area contributed by atoms with Crippen molar-refractivity contribution in [2.75, 3.05) is 5.32 Å². The summed E-state index contributed by atoms with van der Waals surface area (Å²) < 4.78 is 3.33. The van der Waals surface area contributed by atoms with Gasteiger partial charge in [0.15, 0.2) is 11.9 Å². The van der Waals surface area contributed by atoms with Gasteiger partial charge in [-0.1, -0.05) is 22.9 Å². The van der Waals surface area contributed by atoms with Crippen LogP contribution >= 0.6 is 0 Å². The van der Waals surface area contributed by atoms with E-state index >= 15 is 0 Å². The number of benzene rings is 1. The third-order valence-electron chi connectivity index (χ3n) is 2.07. The van der Waals surface area contributed by atoms with E-state index in [1.165, 1.54) is 6.92 Å². The van der Waals surface area contributed by atoms with Crippen molar-refractivity contribution in [3.63, 3.8) is 0 Å². The maximum Gasteiger partial charge on any atom is 0.270 e. The minimum absolute atomic E-state index is 0. The van der Waals surface area contributed by atoms with Crippen molar-refractivity contribution in [2.24, 2.45) is 7.05 Å². The minimum Gasteiger partial charge on any atom is -1.00 e. The number of carbonyl (C=O) groups is 1. The van der Waals surface area contributed by atoms with E-state index in [0.717, 1.165) is 5.69 Å². The lowest BCUT2D eigenvalue weighted by molar-refractivity contribution is -0.731. The molecule has 0 aliphatic heterocycles. The lowest BCUT2D eigenvalue weighted by Crippen LogP contribution is -3.00. The molecule has 2 rings (SSSR count). The van der Waals surface area contributed by atoms with Crippen molar-refractivity contribution < 1.29 is 21.9 Å². The highest BCUT2D eigenvalue weighted by molar-refractivity contribution is 5.87. The summed E-state index contributed by atoms with van der Waals surface area (Å²) in [7, 11) is 1.81. The van der Waals surface area contributed by atoms with Crippen LogP contribution in [0.2, 0.25) is 0 Å². The summed E-state index contributed by atoms with van der Waals surface area (Å²) in [6.07, 6.45) is 1.76. The second-order valence-electron chi connectivity index (χ2n) is 3.51. The molecule has 1 N–H and O–H groups in total. The number of para-hydroxylation sites is 1. The molecule has 0 aliphatic carbocycles. The lowest BCUT2D eigenvalue weighted by atomic mass is 10.3. The molecule has 1 aromatic carbocycles. The molecule has 0 unspecified atom stereocenters. The fourth-order valence-corrected chi connectivity index (χ4v) is 1.47. The molecular formula is C11H13ClN4O. The molecule has 0 radical (unpaired) electrons. The van der Waals surface area contributed by atoms with Crippen molar-refractivity contribution in [3.05, 3.63) is 36.5 Å². The molecule has 0 fully saturated rings. The Morgan fingerprint density at radius 1 is 1.35 bits per heavy atom. The smallest absolute Gasteiger partial charge is 0.270 e. The van der Waals surface area contributed by atoms with E-state index in [0.29, 0.717) is 5.82 Å². The number of nitrogens with one attached hydrogen (secondary N) is 1. The molecule has 1 aromatic heterocycles. The van der Waals surface area contributed by atoms with Crippen LogP contribution in [0.5, 0.6) is 0 Å². The highest BCUT2D eigenvalue weighted by Gasteiger charge is 2.16. The number of halogens is 1. The molecule has 90 valence electrons. The fraction of sp³-hybridized carbons (Fsp3) is 0.182. The van der Waals surface area contributed by atoms with Crippen LogP contribution in [-0.4, -0.2) is 15.8 Å². The largest absolute Gasteiger partial charge is 1.00 e. The van der Waals surface area contributed by atoms with Gasteiger partial charge in [0.05, 0.1) is 5.21 Å². The standard InChI is InChI=1S/C11H12N4O.ClH/c1-9(16)12-11-8-14(2)13-15(11)10-6-4-3-5-7-10;/h3-8H,1-2H3;1H. The summed E-state index contributed by atoms with van der Waals surface area (Å²) in [5.74, 6) is 0.541. The zero-order chi connectivity index (χ0) is 11.5. The van der Waals surface area contributed by atoms with E-state index in [2.05, 4.69) is 10.5 Å². The molecule has 0 bridgehead atoms. The van der Waals surface area contributed by atoms with E-state index in [1.54, 1.807) is 15.6 Å². The van der Waals surface area contributed by atoms with Gasteiger partial charge < -0.3 is 12.4 Å². The van der Waals surface area contributed by atoms with Crippen molar-refractivity contribution in [3.8, 4) is 5.69 Å². The highest BCUT2D eigenvalue weighted by Crippen LogP contribution is 2.11. The molecule has 0 saturated heterocycles. The van der Waals surface area contributed by atoms with Gasteiger partial charge in [0, 0.05) is 6.92 Å². The fourth-order valence-electron chi connectivity index (χ4n) is 1.47. The normalized spacial score (nSPS) is 9.53. The first-order valence-corrected chi connectivity index (χ1v) is 4.96. The Hall–Kier alpha value is -1.88. The Balaban J connectivity index is 0.00000144. The number of carbonyl (C=O) groups excluding carboxylic acids is 1. The average Bonchev–Trinajstić information content (AvgIpc) is 2.60. The zero-order valence-electron chi connectivity index (χ0n) is 9.59. The van der Waals surface area contributed by atoms with Gasteiger partial charge in [-0.3, -0.25) is 10.1 Å². The monoisotopic (exact) mass is 252 g/mol. The van der Waals surface area contributed by atoms with Gasteiger partial charge in [-0.15, -0.1) is 4.68 Å². The number of nitrogens with zero attached hydrogens (tertiary/aromatic N) is 3. The summed E-state index contributed by atoms with van der Waals surface area (Å²) in [6, 6.07) is 9.64. The van der Waals surface area contributed by atoms with E-state index < -0.39 is 0 Å². The zero-order valence-corrected chi connectivity index (χ0v) is 10.3. The van der Waals surface area contributed by atoms with Crippen molar-refractivity contribution in [1.82, 2.24) is 9.90 Å². The Morgan fingerprint density at radius 3 is 2.59 bits per heavy atom. The van der Waals surface area contributed by atoms with Crippen LogP contribution < -0.4 is 22.4 Å². The average molecular weight is 253 g/mol. The molecule has 1 amide bonds. The summed E-state index contributed by atoms with van der Waals surface area (Å²) >= 11 is 0. The summed E-state index contributed by atoms with van der Waals surface area (Å²) in [4.78, 5) is 11.0. The summed E-state index contributed by atoms with van der Waals surface area (Å²) in [5, 5.41) is 6.99. The summed E-state index contributed by atoms with van der Waals surface area (Å²) in [5.41, 5.74) is 0.909. The first-order chi connectivity index (χ1) is 7.66. The lowest BCUT2D eigenvalue weighted by Gasteiger charge is -1.97. The number of aryl methyl sites for hydroxylation is 1. The van der Waals surface area contributed by atoms with Gasteiger partial charge >= 0.3 is 0 Å². The van der Waals surface area contributed by atoms with Crippen molar-refractivity contribution >= 4 is 11.7 Å². The van der Waals surface area contributed by atoms with Gasteiger partial charge in [-0.25, -0.2) is 0 Å². The number of hydrogen-bond donors (Lipinski definition) is 1. The van der Waals surface area contributed by atoms with Crippen LogP contribution in [0.3, 0.4) is 0 Å². The molecule has 0 spiro atoms. The number of rotatable bonds is 2. The van der Waals surface area contributed by atoms with Gasteiger partial charge in [0.1, 0.15) is 7.05 Å². The topological polar surface area (TPSA) is 50.8 Å². The van der Waals surface area contributed by atoms with E-state index in [9.17, 15) is 4.79 Å². The predicted molar refractivity (Wildman–Crippen MR) is 59.0 cm³/mol. The minimum atomic E-state index is -0.113. The van der Waals surface area contributed by atoms with Crippen LogP contribution in [0.15, 0.2) is 36.5 Å². The Labute approximate surface area is 105 Å². The van der Waals surface area contributed by atoms with Gasteiger partial charge in [-0.2, -0.15) is 0 Å². The van der Waals surface area contributed by atoms with Gasteiger partial charge in [-0.05, 0) is 12.1 Å². The molecule has 1 heterocycles. The first kappa shape index (κ1) is 13.2. The van der Waals surface area contributed by atoms with Crippen LogP contribution in [0.1, 0.15) is 6.92 Å². The van der Waals surface area contributed by atoms with Crippen molar-refractivity contribution in [2.45, 2.75) is 6.92 Å². The molecular weight excluding hydrogens is 240 g/mol. The molecule has 0 aliphatic rings. The molecule has 5 nitrogen and oxygen atoms in total. The molecule has 6 heteroatoms. The van der Waals surface area contributed by atoms with Crippen LogP contribution in [0, 0.1) is 0 Å². The SMILES string of the molecule is CC(=O)Nc1c[n+](C)nn1-c1ccccc1.[Cl-]. The second-order valence-corrected chi connectivity index (χ2v) is 3.51. The highest BCUT2D eigenvalue weighted by atomic mass is 35.5. The molecule has 17 heavy (non-hydrogen) atoms. The quantitative estimate of drug-likeness (QED) is 0.609. The molecule has 2 aromatic rings. The van der Waals surface area contributed by atoms with Crippen LogP contribution in [0.4, 0.5) is 5.82 Å².